The minimum absolute atomic E-state index is 0. The number of piperazine rings is 1. The van der Waals surface area contributed by atoms with E-state index in [1.54, 1.807) is 30.6 Å². The Morgan fingerprint density at radius 2 is 1.70 bits per heavy atom. The molecule has 0 radical (unpaired) electrons. The zero-order valence-electron chi connectivity index (χ0n) is 16.2. The highest BCUT2D eigenvalue weighted by Crippen LogP contribution is 2.18. The van der Waals surface area contributed by atoms with Crippen molar-refractivity contribution in [2.24, 2.45) is 0 Å². The molecule has 1 aliphatic rings. The molecule has 3 N–H and O–H groups in total. The number of aromatic nitrogens is 3. The molecule has 1 saturated heterocycles. The van der Waals surface area contributed by atoms with E-state index >= 15 is 0 Å². The molecular formula is C21H25N7O2. The Bertz CT molecular complexity index is 1050. The van der Waals surface area contributed by atoms with Gasteiger partial charge in [-0.05, 0) is 24.3 Å². The first-order chi connectivity index (χ1) is 14.6. The van der Waals surface area contributed by atoms with Crippen molar-refractivity contribution in [3.8, 4) is 0 Å². The number of anilines is 3. The minimum atomic E-state index is -0.474. The van der Waals surface area contributed by atoms with Gasteiger partial charge < -0.3 is 20.9 Å². The third-order valence-electron chi connectivity index (χ3n) is 4.82. The molecule has 2 amide bonds. The zero-order chi connectivity index (χ0) is 20.9. The first kappa shape index (κ1) is 19.3. The molecule has 9 nitrogen and oxygen atoms in total. The Morgan fingerprint density at radius 3 is 2.40 bits per heavy atom. The summed E-state index contributed by atoms with van der Waals surface area (Å²) < 4.78 is 0. The van der Waals surface area contributed by atoms with E-state index in [1.165, 1.54) is 0 Å². The molecule has 2 aromatic heterocycles. The van der Waals surface area contributed by atoms with Gasteiger partial charge in [-0.2, -0.15) is 0 Å². The van der Waals surface area contributed by atoms with Crippen molar-refractivity contribution in [1.82, 2.24) is 19.9 Å². The number of nitrogens with zero attached hydrogens (tertiary/aromatic N) is 5. The lowest BCUT2D eigenvalue weighted by atomic mass is 10.2. The molecule has 3 heterocycles. The van der Waals surface area contributed by atoms with Crippen LogP contribution in [0.3, 0.4) is 0 Å². The maximum Gasteiger partial charge on any atom is 0.279 e. The number of benzene rings is 1. The van der Waals surface area contributed by atoms with Crippen LogP contribution in [0.4, 0.5) is 17.5 Å². The summed E-state index contributed by atoms with van der Waals surface area (Å²) in [5.41, 5.74) is 6.59. The molecule has 0 aliphatic carbocycles. The van der Waals surface area contributed by atoms with Gasteiger partial charge in [-0.25, -0.2) is 15.0 Å². The van der Waals surface area contributed by atoms with Crippen LogP contribution in [0.5, 0.6) is 0 Å². The van der Waals surface area contributed by atoms with Gasteiger partial charge in [0, 0.05) is 40.8 Å². The predicted molar refractivity (Wildman–Crippen MR) is 117 cm³/mol. The summed E-state index contributed by atoms with van der Waals surface area (Å²) in [7, 11) is 0. The molecule has 1 aromatic carbocycles. The third-order valence-corrected chi connectivity index (χ3v) is 4.82. The van der Waals surface area contributed by atoms with Crippen molar-refractivity contribution in [2.75, 3.05) is 42.1 Å². The SMILES string of the molecule is Nc1ncc(N2CCN(C(=O)c3ccccc3)CC2)nc1C(=O)Nc1ccccn1.[HH].[HH]. The fourth-order valence-electron chi connectivity index (χ4n) is 3.22. The van der Waals surface area contributed by atoms with Crippen molar-refractivity contribution < 1.29 is 12.4 Å². The van der Waals surface area contributed by atoms with Gasteiger partial charge in [0.05, 0.1) is 6.20 Å². The van der Waals surface area contributed by atoms with Gasteiger partial charge in [0.1, 0.15) is 11.6 Å². The van der Waals surface area contributed by atoms with Gasteiger partial charge in [0.15, 0.2) is 11.5 Å². The molecule has 1 aliphatic heterocycles. The average molecular weight is 407 g/mol. The Morgan fingerprint density at radius 1 is 0.967 bits per heavy atom. The number of amides is 2. The van der Waals surface area contributed by atoms with Gasteiger partial charge in [0.25, 0.3) is 11.8 Å². The van der Waals surface area contributed by atoms with Crippen LogP contribution in [-0.4, -0.2) is 57.8 Å². The summed E-state index contributed by atoms with van der Waals surface area (Å²) >= 11 is 0. The van der Waals surface area contributed by atoms with Gasteiger partial charge in [-0.3, -0.25) is 9.59 Å². The van der Waals surface area contributed by atoms with Crippen molar-refractivity contribution in [3.63, 3.8) is 0 Å². The molecule has 0 unspecified atom stereocenters. The Kier molecular flexibility index (Phi) is 5.51. The predicted octanol–water partition coefficient (Wildman–Crippen LogP) is 2.16. The van der Waals surface area contributed by atoms with E-state index in [2.05, 4.69) is 20.3 Å². The van der Waals surface area contributed by atoms with E-state index in [-0.39, 0.29) is 20.3 Å². The number of nitrogen functional groups attached to an aromatic ring is 1. The van der Waals surface area contributed by atoms with E-state index < -0.39 is 5.91 Å². The number of nitrogens with two attached hydrogens (primary N) is 1. The fraction of sp³-hybridized carbons (Fsp3) is 0.190. The standard InChI is InChI=1S/C21H21N7O2.2H2/c22-19-18(20(29)25-16-8-4-5-9-23-16)26-17(14-24-19)27-10-12-28(13-11-27)21(30)15-6-2-1-3-7-15;;/h1-9,14H,10-13H2,(H2,22,24)(H,23,25,29);2*1H. The van der Waals surface area contributed by atoms with Crippen LogP contribution in [0, 0.1) is 0 Å². The van der Waals surface area contributed by atoms with Crippen molar-refractivity contribution in [2.45, 2.75) is 0 Å². The molecule has 1 fully saturated rings. The quantitative estimate of drug-likeness (QED) is 0.680. The second-order valence-corrected chi connectivity index (χ2v) is 6.78. The summed E-state index contributed by atoms with van der Waals surface area (Å²) in [6, 6.07) is 14.4. The second-order valence-electron chi connectivity index (χ2n) is 6.78. The molecule has 3 aromatic rings. The van der Waals surface area contributed by atoms with Crippen LogP contribution in [-0.2, 0) is 0 Å². The van der Waals surface area contributed by atoms with E-state index in [1.807, 2.05) is 40.1 Å². The first-order valence-corrected chi connectivity index (χ1v) is 9.56. The molecule has 0 atom stereocenters. The highest BCUT2D eigenvalue weighted by atomic mass is 16.2. The largest absolute Gasteiger partial charge is 0.382 e. The first-order valence-electron chi connectivity index (χ1n) is 9.56. The van der Waals surface area contributed by atoms with Crippen molar-refractivity contribution in [3.05, 3.63) is 72.2 Å². The molecule has 9 heteroatoms. The number of carbonyl (C=O) groups is 2. The molecule has 0 bridgehead atoms. The summed E-state index contributed by atoms with van der Waals surface area (Å²) in [4.78, 5) is 41.6. The van der Waals surface area contributed by atoms with E-state index in [4.69, 9.17) is 5.73 Å². The Balaban J connectivity index is 0.00000181. The summed E-state index contributed by atoms with van der Waals surface area (Å²) in [5.74, 6) is 0.530. The van der Waals surface area contributed by atoms with Crippen LogP contribution in [0.2, 0.25) is 0 Å². The monoisotopic (exact) mass is 407 g/mol. The summed E-state index contributed by atoms with van der Waals surface area (Å²) in [5, 5.41) is 2.67. The van der Waals surface area contributed by atoms with Gasteiger partial charge >= 0.3 is 0 Å². The normalized spacial score (nSPS) is 13.7. The smallest absolute Gasteiger partial charge is 0.279 e. The highest BCUT2D eigenvalue weighted by molar-refractivity contribution is 6.05. The molecule has 0 saturated carbocycles. The summed E-state index contributed by atoms with van der Waals surface area (Å²) in [6.07, 6.45) is 3.12. The lowest BCUT2D eigenvalue weighted by Crippen LogP contribution is -2.49. The van der Waals surface area contributed by atoms with Gasteiger partial charge in [-0.15, -0.1) is 0 Å². The maximum absolute atomic E-state index is 12.6. The van der Waals surface area contributed by atoms with Crippen LogP contribution in [0.25, 0.3) is 0 Å². The minimum Gasteiger partial charge on any atom is -0.382 e. The second kappa shape index (κ2) is 8.56. The number of hydrogen-bond donors (Lipinski definition) is 2. The number of carbonyl (C=O) groups excluding carboxylic acids is 2. The van der Waals surface area contributed by atoms with Crippen LogP contribution in [0.15, 0.2) is 60.9 Å². The fourth-order valence-corrected chi connectivity index (χ4v) is 3.22. The molecule has 0 spiro atoms. The Hall–Kier alpha value is -4.01. The van der Waals surface area contributed by atoms with E-state index in [9.17, 15) is 9.59 Å². The van der Waals surface area contributed by atoms with Gasteiger partial charge in [-0.1, -0.05) is 24.3 Å². The number of hydrogen-bond acceptors (Lipinski definition) is 7. The van der Waals surface area contributed by atoms with Gasteiger partial charge in [0.2, 0.25) is 0 Å². The molecule has 156 valence electrons. The van der Waals surface area contributed by atoms with E-state index in [0.29, 0.717) is 43.4 Å². The summed E-state index contributed by atoms with van der Waals surface area (Å²) in [6.45, 7) is 2.27. The lowest BCUT2D eigenvalue weighted by Gasteiger charge is -2.35. The third kappa shape index (κ3) is 4.19. The lowest BCUT2D eigenvalue weighted by molar-refractivity contribution is 0.0746. The highest BCUT2D eigenvalue weighted by Gasteiger charge is 2.24. The number of nitrogens with one attached hydrogen (secondary N) is 1. The maximum atomic E-state index is 12.6. The number of pyridine rings is 1. The zero-order valence-corrected chi connectivity index (χ0v) is 16.2. The topological polar surface area (TPSA) is 117 Å². The van der Waals surface area contributed by atoms with Crippen LogP contribution >= 0.6 is 0 Å². The molecule has 4 rings (SSSR count). The van der Waals surface area contributed by atoms with Crippen LogP contribution in [0.1, 0.15) is 23.7 Å². The average Bonchev–Trinajstić information content (AvgIpc) is 2.80. The molecule has 30 heavy (non-hydrogen) atoms. The van der Waals surface area contributed by atoms with Crippen molar-refractivity contribution >= 4 is 29.3 Å². The Labute approximate surface area is 176 Å². The molecular weight excluding hydrogens is 382 g/mol. The van der Waals surface area contributed by atoms with Crippen molar-refractivity contribution in [1.29, 1.82) is 0 Å². The number of rotatable bonds is 4. The van der Waals surface area contributed by atoms with Crippen LogP contribution < -0.4 is 16.0 Å². The van der Waals surface area contributed by atoms with E-state index in [0.717, 1.165) is 0 Å².